The lowest BCUT2D eigenvalue weighted by Crippen LogP contribution is -2.51. The van der Waals surface area contributed by atoms with E-state index in [1.807, 2.05) is 32.0 Å². The van der Waals surface area contributed by atoms with Gasteiger partial charge in [-0.3, -0.25) is 5.10 Å². The van der Waals surface area contributed by atoms with E-state index >= 15 is 0 Å². The smallest absolute Gasteiger partial charge is 0.243 e. The lowest BCUT2D eigenvalue weighted by Gasteiger charge is -2.35. The van der Waals surface area contributed by atoms with Gasteiger partial charge in [-0.1, -0.05) is 18.2 Å². The van der Waals surface area contributed by atoms with Crippen molar-refractivity contribution in [2.24, 2.45) is 0 Å². The van der Waals surface area contributed by atoms with E-state index in [1.165, 1.54) is 4.31 Å². The molecule has 1 aromatic carbocycles. The van der Waals surface area contributed by atoms with Crippen molar-refractivity contribution in [3.05, 3.63) is 66.1 Å². The molecular formula is C24H26N6O3S. The zero-order chi connectivity index (χ0) is 23.9. The molecule has 3 aromatic heterocycles. The number of nitrogens with zero attached hydrogens (tertiary/aromatic N) is 4. The van der Waals surface area contributed by atoms with Gasteiger partial charge in [0.1, 0.15) is 5.82 Å². The van der Waals surface area contributed by atoms with Crippen molar-refractivity contribution in [1.29, 1.82) is 0 Å². The van der Waals surface area contributed by atoms with Crippen LogP contribution in [0.15, 0.2) is 59.8 Å². The molecule has 1 aliphatic rings. The summed E-state index contributed by atoms with van der Waals surface area (Å²) >= 11 is 0. The highest BCUT2D eigenvalue weighted by atomic mass is 32.2. The van der Waals surface area contributed by atoms with Crippen LogP contribution in [0.4, 0.5) is 5.82 Å². The van der Waals surface area contributed by atoms with Crippen LogP contribution in [0.25, 0.3) is 22.2 Å². The summed E-state index contributed by atoms with van der Waals surface area (Å²) in [5.74, 6) is 0.667. The molecule has 0 aliphatic carbocycles. The van der Waals surface area contributed by atoms with Crippen molar-refractivity contribution < 1.29 is 13.5 Å². The standard InChI is InChI=1S/C24H26N6O3S/c1-15-3-8-23(25-12-15)27-21-9-10-30(14-22(21)31)34(32,33)19-6-4-17(5-7-19)18-11-20-16(2)28-29-24(20)26-13-18/h3-8,11-13,21-22,31H,9-10,14H2,1-2H3,(H,25,27)(H,26,28,29)/t21-,22+/m1/s1. The minimum atomic E-state index is -3.73. The maximum Gasteiger partial charge on any atom is 0.243 e. The monoisotopic (exact) mass is 478 g/mol. The average molecular weight is 479 g/mol. The molecule has 9 nitrogen and oxygen atoms in total. The minimum Gasteiger partial charge on any atom is -0.390 e. The number of sulfonamides is 1. The van der Waals surface area contributed by atoms with E-state index in [1.54, 1.807) is 36.7 Å². The van der Waals surface area contributed by atoms with Crippen LogP contribution >= 0.6 is 0 Å². The average Bonchev–Trinajstić information content (AvgIpc) is 3.22. The van der Waals surface area contributed by atoms with Crippen LogP contribution in [0, 0.1) is 13.8 Å². The van der Waals surface area contributed by atoms with E-state index in [9.17, 15) is 13.5 Å². The van der Waals surface area contributed by atoms with Gasteiger partial charge < -0.3 is 10.4 Å². The van der Waals surface area contributed by atoms with Crippen molar-refractivity contribution >= 4 is 26.9 Å². The van der Waals surface area contributed by atoms with Crippen LogP contribution in [-0.4, -0.2) is 63.2 Å². The number of β-amino-alcohol motifs (C(OH)–C–C–N with tert-alkyl or cyclic N) is 1. The Labute approximate surface area is 197 Å². The second kappa shape index (κ2) is 8.79. The van der Waals surface area contributed by atoms with Crippen molar-refractivity contribution in [3.63, 3.8) is 0 Å². The summed E-state index contributed by atoms with van der Waals surface area (Å²) < 4.78 is 27.8. The molecule has 0 spiro atoms. The van der Waals surface area contributed by atoms with Gasteiger partial charge in [-0.2, -0.15) is 9.40 Å². The third kappa shape index (κ3) is 4.27. The second-order valence-electron chi connectivity index (χ2n) is 8.66. The highest BCUT2D eigenvalue weighted by molar-refractivity contribution is 7.89. The van der Waals surface area contributed by atoms with E-state index < -0.39 is 16.1 Å². The third-order valence-corrected chi connectivity index (χ3v) is 8.09. The van der Waals surface area contributed by atoms with Crippen molar-refractivity contribution in [2.45, 2.75) is 37.3 Å². The van der Waals surface area contributed by atoms with E-state index in [4.69, 9.17) is 0 Å². The van der Waals surface area contributed by atoms with Gasteiger partial charge in [-0.05, 0) is 55.7 Å². The first-order chi connectivity index (χ1) is 16.3. The number of nitrogens with one attached hydrogen (secondary N) is 2. The van der Waals surface area contributed by atoms with Crippen LogP contribution in [0.3, 0.4) is 0 Å². The number of aryl methyl sites for hydroxylation is 2. The molecule has 1 aliphatic heterocycles. The van der Waals surface area contributed by atoms with Gasteiger partial charge in [0.15, 0.2) is 5.65 Å². The SMILES string of the molecule is Cc1ccc(N[C@@H]2CCN(S(=O)(=O)c3ccc(-c4cnc5n[nH]c(C)c5c4)cc3)C[C@@H]2O)nc1. The predicted molar refractivity (Wildman–Crippen MR) is 130 cm³/mol. The summed E-state index contributed by atoms with van der Waals surface area (Å²) in [5.41, 5.74) is 4.37. The van der Waals surface area contributed by atoms with Gasteiger partial charge in [0.05, 0.1) is 17.0 Å². The maximum absolute atomic E-state index is 13.2. The quantitative estimate of drug-likeness (QED) is 0.403. The number of hydrogen-bond acceptors (Lipinski definition) is 7. The molecule has 0 unspecified atom stereocenters. The summed E-state index contributed by atoms with van der Waals surface area (Å²) in [6.07, 6.45) is 3.11. The first-order valence-electron chi connectivity index (χ1n) is 11.1. The van der Waals surface area contributed by atoms with Gasteiger partial charge in [-0.15, -0.1) is 0 Å². The van der Waals surface area contributed by atoms with Gasteiger partial charge in [0.25, 0.3) is 0 Å². The van der Waals surface area contributed by atoms with Crippen LogP contribution in [0.1, 0.15) is 17.7 Å². The number of aliphatic hydroxyl groups is 1. The number of piperidine rings is 1. The van der Waals surface area contributed by atoms with E-state index in [2.05, 4.69) is 25.5 Å². The highest BCUT2D eigenvalue weighted by Gasteiger charge is 2.34. The number of aliphatic hydroxyl groups excluding tert-OH is 1. The van der Waals surface area contributed by atoms with Crippen LogP contribution in [0.5, 0.6) is 0 Å². The Morgan fingerprint density at radius 2 is 1.85 bits per heavy atom. The molecule has 4 heterocycles. The predicted octanol–water partition coefficient (Wildman–Crippen LogP) is 2.87. The van der Waals surface area contributed by atoms with E-state index in [-0.39, 0.29) is 17.5 Å². The Bertz CT molecular complexity index is 1420. The Balaban J connectivity index is 1.29. The van der Waals surface area contributed by atoms with Crippen molar-refractivity contribution in [3.8, 4) is 11.1 Å². The van der Waals surface area contributed by atoms with E-state index in [0.29, 0.717) is 24.4 Å². The van der Waals surface area contributed by atoms with E-state index in [0.717, 1.165) is 27.8 Å². The summed E-state index contributed by atoms with van der Waals surface area (Å²) in [6, 6.07) is 12.3. The molecule has 0 saturated carbocycles. The molecule has 0 radical (unpaired) electrons. The number of pyridine rings is 2. The fourth-order valence-corrected chi connectivity index (χ4v) is 5.65. The summed E-state index contributed by atoms with van der Waals surface area (Å²) in [5, 5.41) is 21.8. The molecule has 4 aromatic rings. The summed E-state index contributed by atoms with van der Waals surface area (Å²) in [7, 11) is -3.73. The minimum absolute atomic E-state index is 0.0218. The maximum atomic E-state index is 13.2. The first-order valence-corrected chi connectivity index (χ1v) is 12.5. The van der Waals surface area contributed by atoms with Crippen molar-refractivity contribution in [2.75, 3.05) is 18.4 Å². The molecule has 10 heteroatoms. The molecule has 0 amide bonds. The topological polar surface area (TPSA) is 124 Å². The van der Waals surface area contributed by atoms with Gasteiger partial charge >= 0.3 is 0 Å². The summed E-state index contributed by atoms with van der Waals surface area (Å²) in [6.45, 7) is 4.22. The second-order valence-corrected chi connectivity index (χ2v) is 10.6. The number of rotatable bonds is 5. The molecule has 2 atom stereocenters. The van der Waals surface area contributed by atoms with Gasteiger partial charge in [0.2, 0.25) is 10.0 Å². The fraction of sp³-hybridized carbons (Fsp3) is 0.292. The molecular weight excluding hydrogens is 452 g/mol. The fourth-order valence-electron chi connectivity index (χ4n) is 4.18. The molecule has 5 rings (SSSR count). The summed E-state index contributed by atoms with van der Waals surface area (Å²) in [4.78, 5) is 8.87. The number of fused-ring (bicyclic) bond motifs is 1. The molecule has 176 valence electrons. The Kier molecular flexibility index (Phi) is 5.80. The molecule has 1 saturated heterocycles. The number of aromatic amines is 1. The van der Waals surface area contributed by atoms with Crippen LogP contribution in [0.2, 0.25) is 0 Å². The Morgan fingerprint density at radius 1 is 1.06 bits per heavy atom. The van der Waals surface area contributed by atoms with Crippen LogP contribution < -0.4 is 5.32 Å². The first kappa shape index (κ1) is 22.5. The molecule has 1 fully saturated rings. The van der Waals surface area contributed by atoms with Crippen LogP contribution in [-0.2, 0) is 10.0 Å². The lowest BCUT2D eigenvalue weighted by molar-refractivity contribution is 0.0949. The number of hydrogen-bond donors (Lipinski definition) is 3. The number of H-pyrrole nitrogens is 1. The third-order valence-electron chi connectivity index (χ3n) is 6.21. The zero-order valence-corrected chi connectivity index (χ0v) is 19.7. The number of benzene rings is 1. The normalized spacial score (nSPS) is 19.4. The highest BCUT2D eigenvalue weighted by Crippen LogP contribution is 2.27. The molecule has 3 N–H and O–H groups in total. The lowest BCUT2D eigenvalue weighted by atomic mass is 10.0. The zero-order valence-electron chi connectivity index (χ0n) is 18.9. The van der Waals surface area contributed by atoms with Gasteiger partial charge in [0, 0.05) is 42.1 Å². The number of aromatic nitrogens is 4. The van der Waals surface area contributed by atoms with Gasteiger partial charge in [-0.25, -0.2) is 18.4 Å². The number of anilines is 1. The largest absolute Gasteiger partial charge is 0.390 e. The van der Waals surface area contributed by atoms with Crippen molar-refractivity contribution in [1.82, 2.24) is 24.5 Å². The Hall–Kier alpha value is -3.34. The Morgan fingerprint density at radius 3 is 2.56 bits per heavy atom. The molecule has 34 heavy (non-hydrogen) atoms. The molecule has 0 bridgehead atoms.